The van der Waals surface area contributed by atoms with Crippen LogP contribution in [0.25, 0.3) is 0 Å². The molecule has 1 aromatic rings. The van der Waals surface area contributed by atoms with Gasteiger partial charge in [-0.1, -0.05) is 13.0 Å². The molecule has 0 aromatic heterocycles. The Balaban J connectivity index is 2.20. The predicted octanol–water partition coefficient (Wildman–Crippen LogP) is 1.63. The van der Waals surface area contributed by atoms with Crippen molar-refractivity contribution in [2.45, 2.75) is 25.2 Å². The lowest BCUT2D eigenvalue weighted by Crippen LogP contribution is -2.26. The van der Waals surface area contributed by atoms with Crippen LogP contribution >= 0.6 is 0 Å². The maximum absolute atomic E-state index is 12.1. The molecule has 0 bridgehead atoms. The summed E-state index contributed by atoms with van der Waals surface area (Å²) in [7, 11) is -3.62. The zero-order valence-electron chi connectivity index (χ0n) is 10.9. The summed E-state index contributed by atoms with van der Waals surface area (Å²) in [6.07, 6.45) is 1.04. The lowest BCUT2D eigenvalue weighted by molar-refractivity contribution is 0.0696. The van der Waals surface area contributed by atoms with Crippen LogP contribution in [0.5, 0.6) is 0 Å². The summed E-state index contributed by atoms with van der Waals surface area (Å²) < 4.78 is 26.6. The number of carboxylic acids is 1. The number of aromatic carboxylic acids is 1. The Hall–Kier alpha value is -1.40. The highest BCUT2D eigenvalue weighted by atomic mass is 32.2. The second-order valence-corrected chi connectivity index (χ2v) is 6.87. The zero-order chi connectivity index (χ0) is 14.2. The zero-order valence-corrected chi connectivity index (χ0v) is 11.7. The number of nitrogens with one attached hydrogen (secondary N) is 1. The quantitative estimate of drug-likeness (QED) is 0.860. The molecule has 0 amide bonds. The minimum Gasteiger partial charge on any atom is -0.478 e. The normalized spacial score (nSPS) is 22.2. The molecule has 5 nitrogen and oxygen atoms in total. The maximum atomic E-state index is 12.1. The van der Waals surface area contributed by atoms with Crippen molar-refractivity contribution in [1.82, 2.24) is 4.72 Å². The molecule has 2 atom stereocenters. The molecule has 0 spiro atoms. The van der Waals surface area contributed by atoms with Gasteiger partial charge in [0.25, 0.3) is 0 Å². The summed E-state index contributed by atoms with van der Waals surface area (Å²) in [6.45, 7) is 4.13. The van der Waals surface area contributed by atoms with E-state index in [0.29, 0.717) is 23.9 Å². The minimum absolute atomic E-state index is 0.00352. The molecule has 19 heavy (non-hydrogen) atoms. The van der Waals surface area contributed by atoms with Gasteiger partial charge in [0.1, 0.15) is 0 Å². The van der Waals surface area contributed by atoms with Gasteiger partial charge in [-0.25, -0.2) is 17.9 Å². The molecular weight excluding hydrogens is 266 g/mol. The molecule has 1 fully saturated rings. The van der Waals surface area contributed by atoms with E-state index in [9.17, 15) is 13.2 Å². The van der Waals surface area contributed by atoms with E-state index in [1.54, 1.807) is 6.92 Å². The van der Waals surface area contributed by atoms with Crippen molar-refractivity contribution in [3.63, 3.8) is 0 Å². The third kappa shape index (κ3) is 3.13. The average molecular weight is 283 g/mol. The van der Waals surface area contributed by atoms with E-state index in [2.05, 4.69) is 11.6 Å². The van der Waals surface area contributed by atoms with Crippen LogP contribution in [-0.4, -0.2) is 26.0 Å². The fraction of sp³-hybridized carbons (Fsp3) is 0.462. The van der Waals surface area contributed by atoms with Crippen molar-refractivity contribution in [3.8, 4) is 0 Å². The van der Waals surface area contributed by atoms with Gasteiger partial charge < -0.3 is 5.11 Å². The van der Waals surface area contributed by atoms with E-state index in [0.717, 1.165) is 6.42 Å². The topological polar surface area (TPSA) is 83.5 Å². The van der Waals surface area contributed by atoms with Gasteiger partial charge in [-0.05, 0) is 42.9 Å². The molecule has 104 valence electrons. The van der Waals surface area contributed by atoms with Crippen LogP contribution in [0.4, 0.5) is 0 Å². The lowest BCUT2D eigenvalue weighted by Gasteiger charge is -2.08. The first kappa shape index (κ1) is 14.0. The molecule has 0 aliphatic heterocycles. The first-order chi connectivity index (χ1) is 8.81. The number of hydrogen-bond donors (Lipinski definition) is 2. The summed E-state index contributed by atoms with van der Waals surface area (Å²) in [5.41, 5.74) is 0.560. The first-order valence-electron chi connectivity index (χ1n) is 6.15. The SMILES string of the molecule is Cc1ccc(S(=O)(=O)NCC2CC2C)cc1C(=O)O. The third-order valence-corrected chi connectivity index (χ3v) is 4.98. The molecule has 0 saturated heterocycles. The molecular formula is C13H17NO4S. The van der Waals surface area contributed by atoms with Crippen molar-refractivity contribution in [2.75, 3.05) is 6.54 Å². The van der Waals surface area contributed by atoms with Gasteiger partial charge in [-0.2, -0.15) is 0 Å². The molecule has 1 saturated carbocycles. The lowest BCUT2D eigenvalue weighted by atomic mass is 10.1. The molecule has 1 aliphatic carbocycles. The second-order valence-electron chi connectivity index (χ2n) is 5.11. The van der Waals surface area contributed by atoms with Crippen LogP contribution in [0.2, 0.25) is 0 Å². The van der Waals surface area contributed by atoms with Crippen LogP contribution in [0, 0.1) is 18.8 Å². The van der Waals surface area contributed by atoms with Crippen molar-refractivity contribution < 1.29 is 18.3 Å². The fourth-order valence-corrected chi connectivity index (χ4v) is 3.10. The van der Waals surface area contributed by atoms with Crippen LogP contribution in [0.15, 0.2) is 23.1 Å². The molecule has 2 N–H and O–H groups in total. The van der Waals surface area contributed by atoms with Crippen LogP contribution in [0.1, 0.15) is 29.3 Å². The van der Waals surface area contributed by atoms with E-state index in [-0.39, 0.29) is 10.5 Å². The Labute approximate surface area is 112 Å². The maximum Gasteiger partial charge on any atom is 0.335 e. The smallest absolute Gasteiger partial charge is 0.335 e. The Morgan fingerprint density at radius 2 is 2.11 bits per heavy atom. The monoisotopic (exact) mass is 283 g/mol. The van der Waals surface area contributed by atoms with E-state index < -0.39 is 16.0 Å². The van der Waals surface area contributed by atoms with Gasteiger partial charge in [0.15, 0.2) is 0 Å². The first-order valence-corrected chi connectivity index (χ1v) is 7.63. The summed E-state index contributed by atoms with van der Waals surface area (Å²) in [6, 6.07) is 4.15. The Morgan fingerprint density at radius 1 is 1.47 bits per heavy atom. The number of rotatable bonds is 5. The highest BCUT2D eigenvalue weighted by molar-refractivity contribution is 7.89. The number of carboxylic acid groups (broad SMARTS) is 1. The van der Waals surface area contributed by atoms with E-state index in [1.165, 1.54) is 18.2 Å². The van der Waals surface area contributed by atoms with Gasteiger partial charge in [-0.15, -0.1) is 0 Å². The molecule has 1 aromatic carbocycles. The summed E-state index contributed by atoms with van der Waals surface area (Å²) in [4.78, 5) is 11.0. The molecule has 2 rings (SSSR count). The van der Waals surface area contributed by atoms with Crippen molar-refractivity contribution >= 4 is 16.0 Å². The standard InChI is InChI=1S/C13H17NO4S/c1-8-3-4-11(6-12(8)13(15)16)19(17,18)14-7-10-5-9(10)2/h3-4,6,9-10,14H,5,7H2,1-2H3,(H,15,16). The van der Waals surface area contributed by atoms with E-state index >= 15 is 0 Å². The molecule has 1 aliphatic rings. The highest BCUT2D eigenvalue weighted by Gasteiger charge is 2.33. The summed E-state index contributed by atoms with van der Waals surface area (Å²) >= 11 is 0. The summed E-state index contributed by atoms with van der Waals surface area (Å²) in [5, 5.41) is 9.00. The fourth-order valence-electron chi connectivity index (χ4n) is 1.98. The number of sulfonamides is 1. The molecule has 0 heterocycles. The van der Waals surface area contributed by atoms with Gasteiger partial charge in [-0.3, -0.25) is 0 Å². The average Bonchev–Trinajstić information content (AvgIpc) is 3.03. The largest absolute Gasteiger partial charge is 0.478 e. The highest BCUT2D eigenvalue weighted by Crippen LogP contribution is 2.37. The number of aryl methyl sites for hydroxylation is 1. The predicted molar refractivity (Wildman–Crippen MR) is 70.6 cm³/mol. The van der Waals surface area contributed by atoms with Gasteiger partial charge in [0.05, 0.1) is 10.5 Å². The number of carbonyl (C=O) groups is 1. The molecule has 6 heteroatoms. The number of hydrogen-bond acceptors (Lipinski definition) is 3. The van der Waals surface area contributed by atoms with Gasteiger partial charge in [0.2, 0.25) is 10.0 Å². The Bertz CT molecular complexity index is 609. The van der Waals surface area contributed by atoms with Crippen LogP contribution < -0.4 is 4.72 Å². The van der Waals surface area contributed by atoms with Crippen LogP contribution in [0.3, 0.4) is 0 Å². The van der Waals surface area contributed by atoms with Gasteiger partial charge >= 0.3 is 5.97 Å². The minimum atomic E-state index is -3.62. The Kier molecular flexibility index (Phi) is 3.64. The second kappa shape index (κ2) is 4.94. The summed E-state index contributed by atoms with van der Waals surface area (Å²) in [5.74, 6) is -0.153. The Morgan fingerprint density at radius 3 is 2.63 bits per heavy atom. The molecule has 2 unspecified atom stereocenters. The van der Waals surface area contributed by atoms with Gasteiger partial charge in [0, 0.05) is 6.54 Å². The van der Waals surface area contributed by atoms with Crippen LogP contribution in [-0.2, 0) is 10.0 Å². The van der Waals surface area contributed by atoms with Crippen molar-refractivity contribution in [1.29, 1.82) is 0 Å². The molecule has 0 radical (unpaired) electrons. The van der Waals surface area contributed by atoms with E-state index in [4.69, 9.17) is 5.11 Å². The van der Waals surface area contributed by atoms with E-state index in [1.807, 2.05) is 0 Å². The number of benzene rings is 1. The van der Waals surface area contributed by atoms with Crippen molar-refractivity contribution in [3.05, 3.63) is 29.3 Å². The van der Waals surface area contributed by atoms with Crippen molar-refractivity contribution in [2.24, 2.45) is 11.8 Å². The third-order valence-electron chi connectivity index (χ3n) is 3.56.